The van der Waals surface area contributed by atoms with Crippen molar-refractivity contribution in [2.45, 2.75) is 31.0 Å². The van der Waals surface area contributed by atoms with Gasteiger partial charge in [0, 0.05) is 42.3 Å². The van der Waals surface area contributed by atoms with Crippen LogP contribution in [0.2, 0.25) is 0 Å². The van der Waals surface area contributed by atoms with Crippen molar-refractivity contribution in [2.24, 2.45) is 4.99 Å². The van der Waals surface area contributed by atoms with Crippen molar-refractivity contribution >= 4 is 23.7 Å². The number of carbonyl (C=O) groups is 1. The second-order valence-corrected chi connectivity index (χ2v) is 6.96. The molecule has 2 unspecified atom stereocenters. The summed E-state index contributed by atoms with van der Waals surface area (Å²) >= 11 is 0. The minimum atomic E-state index is -1.61. The van der Waals surface area contributed by atoms with Gasteiger partial charge < -0.3 is 40.7 Å². The summed E-state index contributed by atoms with van der Waals surface area (Å²) in [5.41, 5.74) is -0.176. The van der Waals surface area contributed by atoms with Gasteiger partial charge in [0.05, 0.1) is 18.5 Å². The number of rotatable bonds is 5. The number of hydrogen-bond donors (Lipinski definition) is 5. The third-order valence-corrected chi connectivity index (χ3v) is 4.95. The van der Waals surface area contributed by atoms with E-state index in [9.17, 15) is 35.4 Å². The largest absolute Gasteiger partial charge is 0.851 e. The first-order valence-corrected chi connectivity index (χ1v) is 8.92. The first kappa shape index (κ1) is 21.2. The van der Waals surface area contributed by atoms with Gasteiger partial charge in [-0.2, -0.15) is 0 Å². The smallest absolute Gasteiger partial charge is 0.221 e. The third-order valence-electron chi connectivity index (χ3n) is 4.95. The number of carbonyl (C=O) groups excluding carboxylic acids is 1. The highest BCUT2D eigenvalue weighted by Crippen LogP contribution is 2.54. The SMILES string of the molecule is COC=Nc1cc(O)cc(O)c1C1C([O-])C(c2c(O)cc(O)cc2NC(C)=O)C1[O-]. The van der Waals surface area contributed by atoms with Crippen LogP contribution >= 0.6 is 0 Å². The number of methoxy groups -OCH3 is 1. The predicted octanol–water partition coefficient (Wildman–Crippen LogP) is 0.112. The number of anilines is 1. The van der Waals surface area contributed by atoms with Gasteiger partial charge in [-0.3, -0.25) is 4.79 Å². The maximum Gasteiger partial charge on any atom is 0.221 e. The number of phenolic OH excluding ortho intramolecular Hbond substituents is 4. The second kappa shape index (κ2) is 8.09. The van der Waals surface area contributed by atoms with Gasteiger partial charge in [0.1, 0.15) is 23.0 Å². The molecular formula is C20H20N2O8-2. The molecule has 0 bridgehead atoms. The number of amides is 1. The highest BCUT2D eigenvalue weighted by molar-refractivity contribution is 5.90. The Balaban J connectivity index is 2.04. The van der Waals surface area contributed by atoms with Gasteiger partial charge in [-0.1, -0.05) is 0 Å². The fourth-order valence-corrected chi connectivity index (χ4v) is 3.77. The molecule has 10 nitrogen and oxygen atoms in total. The van der Waals surface area contributed by atoms with E-state index in [4.69, 9.17) is 4.74 Å². The van der Waals surface area contributed by atoms with E-state index in [1.54, 1.807) is 0 Å². The topological polar surface area (TPSA) is 178 Å². The number of hydrogen-bond acceptors (Lipinski definition) is 9. The van der Waals surface area contributed by atoms with E-state index < -0.39 is 41.4 Å². The van der Waals surface area contributed by atoms with Crippen molar-refractivity contribution < 1.29 is 40.2 Å². The van der Waals surface area contributed by atoms with Crippen molar-refractivity contribution in [1.29, 1.82) is 0 Å². The molecule has 1 fully saturated rings. The van der Waals surface area contributed by atoms with E-state index >= 15 is 0 Å². The number of nitrogens with one attached hydrogen (secondary N) is 1. The van der Waals surface area contributed by atoms with Gasteiger partial charge in [0.25, 0.3) is 0 Å². The summed E-state index contributed by atoms with van der Waals surface area (Å²) in [6.45, 7) is 1.20. The molecule has 0 aromatic heterocycles. The van der Waals surface area contributed by atoms with Crippen molar-refractivity contribution in [1.82, 2.24) is 0 Å². The van der Waals surface area contributed by atoms with Gasteiger partial charge in [0.15, 0.2) is 6.40 Å². The molecule has 10 heteroatoms. The summed E-state index contributed by atoms with van der Waals surface area (Å²) in [5, 5.41) is 68.4. The molecule has 1 aliphatic rings. The number of aliphatic imine (C=N–C) groups is 1. The average Bonchev–Trinajstić information content (AvgIpc) is 2.64. The Kier molecular flexibility index (Phi) is 5.72. The van der Waals surface area contributed by atoms with Crippen molar-refractivity contribution in [2.75, 3.05) is 12.4 Å². The van der Waals surface area contributed by atoms with E-state index in [1.165, 1.54) is 20.1 Å². The number of ether oxygens (including phenoxy) is 1. The van der Waals surface area contributed by atoms with Crippen LogP contribution < -0.4 is 15.5 Å². The first-order chi connectivity index (χ1) is 14.1. The minimum Gasteiger partial charge on any atom is -0.851 e. The zero-order valence-electron chi connectivity index (χ0n) is 16.1. The summed E-state index contributed by atoms with van der Waals surface area (Å²) in [5.74, 6) is -4.66. The van der Waals surface area contributed by atoms with E-state index in [0.29, 0.717) is 0 Å². The lowest BCUT2D eigenvalue weighted by Gasteiger charge is -2.62. The molecule has 30 heavy (non-hydrogen) atoms. The lowest BCUT2D eigenvalue weighted by molar-refractivity contribution is -0.536. The fourth-order valence-electron chi connectivity index (χ4n) is 3.77. The third kappa shape index (κ3) is 3.70. The van der Waals surface area contributed by atoms with Crippen LogP contribution in [0.25, 0.3) is 0 Å². The van der Waals surface area contributed by atoms with Crippen molar-refractivity contribution in [3.05, 3.63) is 35.4 Å². The van der Waals surface area contributed by atoms with E-state index in [-0.39, 0.29) is 34.0 Å². The number of benzene rings is 2. The molecule has 160 valence electrons. The maximum absolute atomic E-state index is 13.1. The molecule has 1 saturated carbocycles. The standard InChI is InChI=1S/C20H20N2O8/c1-8(23)22-12-4-10(25)6-14(27)16(12)18-19(28)17(20(18)29)15-11(21-7-30-2)3-9(24)5-13(15)26/h3-7,17-20,24-27H,1-2H3,(H,22,23)/q-2. The predicted molar refractivity (Wildman–Crippen MR) is 102 cm³/mol. The number of aromatic hydroxyl groups is 4. The van der Waals surface area contributed by atoms with E-state index in [1.807, 2.05) is 0 Å². The molecule has 0 saturated heterocycles. The zero-order chi connectivity index (χ0) is 22.2. The van der Waals surface area contributed by atoms with Crippen LogP contribution in [0.5, 0.6) is 23.0 Å². The van der Waals surface area contributed by atoms with Crippen LogP contribution in [0, 0.1) is 0 Å². The molecule has 2 atom stereocenters. The minimum absolute atomic E-state index is 0.00323. The van der Waals surface area contributed by atoms with Crippen LogP contribution in [-0.4, -0.2) is 52.1 Å². The molecule has 3 rings (SSSR count). The molecule has 1 aliphatic carbocycles. The number of phenols is 4. The van der Waals surface area contributed by atoms with Gasteiger partial charge in [-0.05, 0) is 11.8 Å². The van der Waals surface area contributed by atoms with Crippen LogP contribution in [0.1, 0.15) is 29.9 Å². The Morgan fingerprint density at radius 3 is 2.10 bits per heavy atom. The number of nitrogens with zero attached hydrogens (tertiary/aromatic N) is 1. The Hall–Kier alpha value is -3.50. The zero-order valence-corrected chi connectivity index (χ0v) is 16.1. The molecule has 2 aromatic carbocycles. The van der Waals surface area contributed by atoms with Gasteiger partial charge in [-0.25, -0.2) is 4.99 Å². The van der Waals surface area contributed by atoms with Gasteiger partial charge >= 0.3 is 0 Å². The van der Waals surface area contributed by atoms with Crippen LogP contribution in [0.3, 0.4) is 0 Å². The quantitative estimate of drug-likeness (QED) is 0.337. The average molecular weight is 416 g/mol. The highest BCUT2D eigenvalue weighted by atomic mass is 16.5. The fraction of sp³-hybridized carbons (Fsp3) is 0.300. The Morgan fingerprint density at radius 1 is 1.00 bits per heavy atom. The lowest BCUT2D eigenvalue weighted by Crippen LogP contribution is -2.63. The van der Waals surface area contributed by atoms with E-state index in [0.717, 1.165) is 24.6 Å². The van der Waals surface area contributed by atoms with Crippen molar-refractivity contribution in [3.63, 3.8) is 0 Å². The van der Waals surface area contributed by atoms with Crippen LogP contribution in [-0.2, 0) is 9.53 Å². The monoisotopic (exact) mass is 416 g/mol. The Labute approximate surface area is 171 Å². The summed E-state index contributed by atoms with van der Waals surface area (Å²) in [4.78, 5) is 15.4. The summed E-state index contributed by atoms with van der Waals surface area (Å²) in [7, 11) is 1.33. The maximum atomic E-state index is 13.1. The van der Waals surface area contributed by atoms with Crippen LogP contribution in [0.4, 0.5) is 11.4 Å². The summed E-state index contributed by atoms with van der Waals surface area (Å²) in [6.07, 6.45) is -2.20. The van der Waals surface area contributed by atoms with Gasteiger partial charge in [0.2, 0.25) is 5.91 Å². The van der Waals surface area contributed by atoms with E-state index in [2.05, 4.69) is 10.3 Å². The molecule has 5 N–H and O–H groups in total. The normalized spacial score (nSPS) is 23.2. The second-order valence-electron chi connectivity index (χ2n) is 6.96. The van der Waals surface area contributed by atoms with Crippen LogP contribution in [0.15, 0.2) is 29.3 Å². The van der Waals surface area contributed by atoms with Crippen molar-refractivity contribution in [3.8, 4) is 23.0 Å². The lowest BCUT2D eigenvalue weighted by atomic mass is 9.62. The first-order valence-electron chi connectivity index (χ1n) is 8.92. The Bertz CT molecular complexity index is 997. The molecule has 0 radical (unpaired) electrons. The molecule has 2 aromatic rings. The summed E-state index contributed by atoms with van der Waals surface area (Å²) in [6, 6.07) is 4.28. The molecular weight excluding hydrogens is 396 g/mol. The highest BCUT2D eigenvalue weighted by Gasteiger charge is 2.43. The summed E-state index contributed by atoms with van der Waals surface area (Å²) < 4.78 is 4.73. The molecule has 0 aliphatic heterocycles. The molecule has 1 amide bonds. The Morgan fingerprint density at radius 2 is 1.53 bits per heavy atom. The molecule has 0 spiro atoms. The molecule has 0 heterocycles. The van der Waals surface area contributed by atoms with Gasteiger partial charge in [-0.15, -0.1) is 12.2 Å².